The van der Waals surface area contributed by atoms with Gasteiger partial charge in [-0.2, -0.15) is 5.10 Å². The Morgan fingerprint density at radius 2 is 1.89 bits per heavy atom. The monoisotopic (exact) mass is 514 g/mol. The lowest BCUT2D eigenvalue weighted by molar-refractivity contribution is 0.310. The van der Waals surface area contributed by atoms with E-state index in [9.17, 15) is 4.79 Å². The van der Waals surface area contributed by atoms with Gasteiger partial charge >= 0.3 is 5.69 Å². The number of H-pyrrole nitrogens is 1. The van der Waals surface area contributed by atoms with E-state index in [0.717, 1.165) is 51.5 Å². The second-order valence-corrected chi connectivity index (χ2v) is 9.59. The average molecular weight is 515 g/mol. The van der Waals surface area contributed by atoms with Gasteiger partial charge in [-0.15, -0.1) is 0 Å². The molecule has 0 saturated carbocycles. The number of aromatic nitrogens is 4. The number of aryl methyl sites for hydroxylation is 4. The zero-order chi connectivity index (χ0) is 26.8. The van der Waals surface area contributed by atoms with Gasteiger partial charge in [-0.05, 0) is 62.9 Å². The molecule has 2 aromatic heterocycles. The number of nitrogens with zero attached hydrogens (tertiary/aromatic N) is 4. The fourth-order valence-electron chi connectivity index (χ4n) is 5.20. The zero-order valence-electron chi connectivity index (χ0n) is 22.6. The molecule has 9 nitrogen and oxygen atoms in total. The summed E-state index contributed by atoms with van der Waals surface area (Å²) in [5.74, 6) is 1.37. The summed E-state index contributed by atoms with van der Waals surface area (Å²) in [6.45, 7) is 10.3. The van der Waals surface area contributed by atoms with E-state index in [1.807, 2.05) is 29.7 Å². The Labute approximate surface area is 221 Å². The van der Waals surface area contributed by atoms with E-state index >= 15 is 0 Å². The number of fused-ring (bicyclic) bond motifs is 3. The molecule has 0 unspecified atom stereocenters. The molecule has 2 N–H and O–H groups in total. The van der Waals surface area contributed by atoms with Crippen LogP contribution in [0.25, 0.3) is 11.3 Å². The molecular weight excluding hydrogens is 480 g/mol. The number of methoxy groups -OCH3 is 1. The first kappa shape index (κ1) is 25.4. The number of anilines is 1. The summed E-state index contributed by atoms with van der Waals surface area (Å²) in [6.07, 6.45) is 4.23. The molecule has 2 aromatic carbocycles. The van der Waals surface area contributed by atoms with Crippen molar-refractivity contribution >= 4 is 11.4 Å². The van der Waals surface area contributed by atoms with Gasteiger partial charge in [0.05, 0.1) is 37.0 Å². The quantitative estimate of drug-likeness (QED) is 0.366. The Bertz CT molecular complexity index is 1580. The van der Waals surface area contributed by atoms with Gasteiger partial charge < -0.3 is 14.8 Å². The lowest BCUT2D eigenvalue weighted by Crippen LogP contribution is -2.43. The molecule has 0 spiro atoms. The second kappa shape index (κ2) is 10.6. The van der Waals surface area contributed by atoms with Gasteiger partial charge in [-0.25, -0.2) is 9.79 Å². The van der Waals surface area contributed by atoms with Crippen LogP contribution in [0.5, 0.6) is 11.5 Å². The normalized spacial score (nSPS) is 12.7. The maximum Gasteiger partial charge on any atom is 0.330 e. The first-order valence-corrected chi connectivity index (χ1v) is 12.9. The topological polar surface area (TPSA) is 98.5 Å². The highest BCUT2D eigenvalue weighted by Crippen LogP contribution is 2.37. The van der Waals surface area contributed by atoms with Gasteiger partial charge in [0, 0.05) is 37.5 Å². The first-order chi connectivity index (χ1) is 18.4. The Morgan fingerprint density at radius 3 is 2.58 bits per heavy atom. The third-order valence-electron chi connectivity index (χ3n) is 6.89. The minimum absolute atomic E-state index is 0.0869. The van der Waals surface area contributed by atoms with E-state index in [4.69, 9.17) is 14.5 Å². The molecule has 0 aliphatic carbocycles. The highest BCUT2D eigenvalue weighted by atomic mass is 16.5. The molecule has 198 valence electrons. The van der Waals surface area contributed by atoms with E-state index in [2.05, 4.69) is 48.4 Å². The molecule has 3 heterocycles. The van der Waals surface area contributed by atoms with Crippen molar-refractivity contribution in [3.63, 3.8) is 0 Å². The van der Waals surface area contributed by atoms with Crippen molar-refractivity contribution < 1.29 is 9.47 Å². The molecule has 1 aliphatic rings. The van der Waals surface area contributed by atoms with Crippen LogP contribution in [0.1, 0.15) is 29.2 Å². The molecular formula is C29H34N6O3. The lowest BCUT2D eigenvalue weighted by Gasteiger charge is -2.25. The predicted octanol–water partition coefficient (Wildman–Crippen LogP) is 4.27. The van der Waals surface area contributed by atoms with Crippen molar-refractivity contribution in [1.82, 2.24) is 19.3 Å². The third-order valence-corrected chi connectivity index (χ3v) is 6.89. The molecule has 1 aliphatic heterocycles. The van der Waals surface area contributed by atoms with Crippen LogP contribution in [-0.2, 0) is 19.5 Å². The average Bonchev–Trinajstić information content (AvgIpc) is 3.41. The van der Waals surface area contributed by atoms with Crippen LogP contribution in [0.3, 0.4) is 0 Å². The van der Waals surface area contributed by atoms with E-state index in [1.165, 1.54) is 5.56 Å². The summed E-state index contributed by atoms with van der Waals surface area (Å²) >= 11 is 0. The zero-order valence-corrected chi connectivity index (χ0v) is 22.6. The minimum Gasteiger partial charge on any atom is -0.493 e. The minimum atomic E-state index is -0.0869. The molecule has 38 heavy (non-hydrogen) atoms. The van der Waals surface area contributed by atoms with Crippen LogP contribution in [0.15, 0.2) is 52.5 Å². The Hall–Kier alpha value is -4.27. The van der Waals surface area contributed by atoms with Crippen molar-refractivity contribution in [2.24, 2.45) is 4.99 Å². The number of rotatable bonds is 8. The van der Waals surface area contributed by atoms with Crippen LogP contribution in [0.4, 0.5) is 11.4 Å². The lowest BCUT2D eigenvalue weighted by atomic mass is 9.97. The largest absolute Gasteiger partial charge is 0.493 e. The molecule has 0 atom stereocenters. The fourth-order valence-corrected chi connectivity index (χ4v) is 5.20. The van der Waals surface area contributed by atoms with Gasteiger partial charge in [0.2, 0.25) is 0 Å². The van der Waals surface area contributed by atoms with Gasteiger partial charge in [0.1, 0.15) is 5.49 Å². The van der Waals surface area contributed by atoms with E-state index in [1.54, 1.807) is 24.1 Å². The Morgan fingerprint density at radius 1 is 1.11 bits per heavy atom. The van der Waals surface area contributed by atoms with Crippen LogP contribution >= 0.6 is 0 Å². The molecule has 0 amide bonds. The van der Waals surface area contributed by atoms with Crippen molar-refractivity contribution in [1.29, 1.82) is 0 Å². The van der Waals surface area contributed by atoms with Crippen LogP contribution in [-0.4, -0.2) is 39.6 Å². The van der Waals surface area contributed by atoms with Gasteiger partial charge in [-0.1, -0.05) is 17.7 Å². The molecule has 9 heteroatoms. The summed E-state index contributed by atoms with van der Waals surface area (Å²) in [6, 6.07) is 10.3. The standard InChI is InChI=1S/C29H34N6O3/c1-6-38-26-13-21-7-9-34-24(23(21)14-25(26)37-5)15-27(33-28-19(3)11-18(2)12-20(28)4)35(29(34)36)10-8-30-22-16-31-32-17-22/h11-17,30H,6-10H2,1-5H3,(H,31,32). The Balaban J connectivity index is 1.68. The fraction of sp³-hybridized carbons (Fsp3) is 0.345. The van der Waals surface area contributed by atoms with Crippen molar-refractivity contribution in [3.05, 3.63) is 81.0 Å². The van der Waals surface area contributed by atoms with Crippen LogP contribution in [0.2, 0.25) is 0 Å². The predicted molar refractivity (Wildman–Crippen MR) is 149 cm³/mol. The highest BCUT2D eigenvalue weighted by Gasteiger charge is 2.22. The van der Waals surface area contributed by atoms with E-state index < -0.39 is 0 Å². The maximum atomic E-state index is 13.9. The van der Waals surface area contributed by atoms with Gasteiger partial charge in [0.15, 0.2) is 11.5 Å². The Kier molecular flexibility index (Phi) is 7.09. The third kappa shape index (κ3) is 4.83. The van der Waals surface area contributed by atoms with Crippen molar-refractivity contribution in [2.75, 3.05) is 25.6 Å². The number of hydrogen-bond acceptors (Lipinski definition) is 6. The number of ether oxygens (including phenoxy) is 2. The molecule has 0 fully saturated rings. The highest BCUT2D eigenvalue weighted by molar-refractivity contribution is 5.70. The summed E-state index contributed by atoms with van der Waals surface area (Å²) in [5.41, 5.74) is 8.55. The smallest absolute Gasteiger partial charge is 0.330 e. The molecule has 0 saturated heterocycles. The van der Waals surface area contributed by atoms with Gasteiger partial charge in [0.25, 0.3) is 0 Å². The van der Waals surface area contributed by atoms with Crippen molar-refractivity contribution in [3.8, 4) is 22.8 Å². The molecule has 0 bridgehead atoms. The molecule has 4 aromatic rings. The summed E-state index contributed by atoms with van der Waals surface area (Å²) < 4.78 is 15.0. The maximum absolute atomic E-state index is 13.9. The van der Waals surface area contributed by atoms with E-state index in [-0.39, 0.29) is 5.69 Å². The summed E-state index contributed by atoms with van der Waals surface area (Å²) in [5, 5.41) is 10.1. The number of aromatic amines is 1. The second-order valence-electron chi connectivity index (χ2n) is 9.59. The van der Waals surface area contributed by atoms with Gasteiger partial charge in [-0.3, -0.25) is 14.2 Å². The molecule has 5 rings (SSSR count). The first-order valence-electron chi connectivity index (χ1n) is 12.9. The molecule has 0 radical (unpaired) electrons. The van der Waals surface area contributed by atoms with Crippen LogP contribution < -0.4 is 26.0 Å². The van der Waals surface area contributed by atoms with E-state index in [0.29, 0.717) is 37.5 Å². The number of nitrogens with one attached hydrogen (secondary N) is 2. The van der Waals surface area contributed by atoms with Crippen LogP contribution in [0, 0.1) is 20.8 Å². The number of hydrogen-bond donors (Lipinski definition) is 2. The SMILES string of the molecule is CCOc1cc2c(cc1OC)-c1cc(=Nc3c(C)cc(C)cc3C)n(CCNc3cn[nH]c3)c(=O)n1CC2. The number of benzene rings is 2. The summed E-state index contributed by atoms with van der Waals surface area (Å²) in [4.78, 5) is 19.0. The summed E-state index contributed by atoms with van der Waals surface area (Å²) in [7, 11) is 1.63. The van der Waals surface area contributed by atoms with Crippen molar-refractivity contribution in [2.45, 2.75) is 47.2 Å².